The minimum Gasteiger partial charge on any atom is -0.311 e. The molecule has 0 amide bonds. The molecule has 100 valence electrons. The highest BCUT2D eigenvalue weighted by molar-refractivity contribution is 6.30. The predicted molar refractivity (Wildman–Crippen MR) is 78.0 cm³/mol. The molecule has 2 nitrogen and oxygen atoms in total. The van der Waals surface area contributed by atoms with Crippen LogP contribution in [0.15, 0.2) is 24.3 Å². The number of hydrogen-bond acceptors (Lipinski definition) is 2. The van der Waals surface area contributed by atoms with Gasteiger partial charge in [0.05, 0.1) is 0 Å². The predicted octanol–water partition coefficient (Wildman–Crippen LogP) is 3.30. The topological polar surface area (TPSA) is 15.3 Å². The van der Waals surface area contributed by atoms with Crippen LogP contribution in [0.25, 0.3) is 0 Å². The molecule has 0 aromatic heterocycles. The smallest absolute Gasteiger partial charge is 0.0409 e. The number of rotatable bonds is 6. The Morgan fingerprint density at radius 1 is 1.33 bits per heavy atom. The lowest BCUT2D eigenvalue weighted by molar-refractivity contribution is 0.245. The minimum atomic E-state index is 0.817. The summed E-state index contributed by atoms with van der Waals surface area (Å²) in [6.45, 7) is 3.07. The summed E-state index contributed by atoms with van der Waals surface area (Å²) in [6, 6.07) is 8.87. The van der Waals surface area contributed by atoms with Crippen LogP contribution in [0.1, 0.15) is 31.2 Å². The van der Waals surface area contributed by atoms with E-state index in [0.717, 1.165) is 30.7 Å². The van der Waals surface area contributed by atoms with Gasteiger partial charge in [-0.2, -0.15) is 0 Å². The Bertz CT molecular complexity index is 361. The fraction of sp³-hybridized carbons (Fsp3) is 0.600. The molecule has 0 heterocycles. The Balaban J connectivity index is 1.63. The summed E-state index contributed by atoms with van der Waals surface area (Å²) >= 11 is 5.96. The van der Waals surface area contributed by atoms with Crippen LogP contribution in [-0.2, 0) is 6.54 Å². The highest BCUT2D eigenvalue weighted by atomic mass is 35.5. The van der Waals surface area contributed by atoms with Gasteiger partial charge in [0.1, 0.15) is 0 Å². The molecule has 1 aliphatic rings. The molecule has 0 radical (unpaired) electrons. The van der Waals surface area contributed by atoms with E-state index in [-0.39, 0.29) is 0 Å². The van der Waals surface area contributed by atoms with Crippen molar-refractivity contribution in [1.29, 1.82) is 0 Å². The van der Waals surface area contributed by atoms with Crippen molar-refractivity contribution in [1.82, 2.24) is 10.2 Å². The third-order valence-corrected chi connectivity index (χ3v) is 4.04. The van der Waals surface area contributed by atoms with Gasteiger partial charge in [0, 0.05) is 30.7 Å². The normalized spacial score (nSPS) is 16.6. The van der Waals surface area contributed by atoms with Crippen molar-refractivity contribution in [3.05, 3.63) is 34.9 Å². The molecule has 0 spiro atoms. The highest BCUT2D eigenvalue weighted by Gasteiger charge is 2.18. The largest absolute Gasteiger partial charge is 0.311 e. The lowest BCUT2D eigenvalue weighted by atomic mass is 10.2. The van der Waals surface area contributed by atoms with E-state index in [2.05, 4.69) is 23.3 Å². The monoisotopic (exact) mass is 266 g/mol. The van der Waals surface area contributed by atoms with E-state index in [0.29, 0.717) is 0 Å². The zero-order valence-corrected chi connectivity index (χ0v) is 11.9. The number of likely N-dealkylation sites (N-methyl/N-ethyl adjacent to an activating group) is 1. The first-order valence-corrected chi connectivity index (χ1v) is 7.29. The van der Waals surface area contributed by atoms with E-state index in [1.54, 1.807) is 0 Å². The maximum atomic E-state index is 5.96. The summed E-state index contributed by atoms with van der Waals surface area (Å²) in [5.41, 5.74) is 1.26. The summed E-state index contributed by atoms with van der Waals surface area (Å²) in [5.74, 6) is 0. The Morgan fingerprint density at radius 3 is 2.83 bits per heavy atom. The van der Waals surface area contributed by atoms with Crippen molar-refractivity contribution in [3.63, 3.8) is 0 Å². The molecule has 0 unspecified atom stereocenters. The van der Waals surface area contributed by atoms with E-state index in [1.807, 2.05) is 18.2 Å². The van der Waals surface area contributed by atoms with E-state index >= 15 is 0 Å². The van der Waals surface area contributed by atoms with Crippen LogP contribution in [0.2, 0.25) is 5.02 Å². The van der Waals surface area contributed by atoms with Gasteiger partial charge in [-0.3, -0.25) is 0 Å². The molecule has 1 fully saturated rings. The molecule has 0 bridgehead atoms. The molecule has 1 aliphatic carbocycles. The summed E-state index contributed by atoms with van der Waals surface area (Å²) in [4.78, 5) is 2.50. The number of nitrogens with one attached hydrogen (secondary N) is 1. The molecule has 3 heteroatoms. The van der Waals surface area contributed by atoms with Gasteiger partial charge in [-0.1, -0.05) is 36.6 Å². The Labute approximate surface area is 115 Å². The van der Waals surface area contributed by atoms with Crippen molar-refractivity contribution in [2.45, 2.75) is 38.3 Å². The molecule has 0 atom stereocenters. The van der Waals surface area contributed by atoms with E-state index in [4.69, 9.17) is 11.6 Å². The van der Waals surface area contributed by atoms with Crippen molar-refractivity contribution in [2.24, 2.45) is 0 Å². The molecular formula is C15H23ClN2. The lowest BCUT2D eigenvalue weighted by Gasteiger charge is -2.23. The van der Waals surface area contributed by atoms with E-state index in [9.17, 15) is 0 Å². The first kappa shape index (κ1) is 13.9. The second kappa shape index (κ2) is 7.13. The Kier molecular flexibility index (Phi) is 5.48. The lowest BCUT2D eigenvalue weighted by Crippen LogP contribution is -2.35. The van der Waals surface area contributed by atoms with Gasteiger partial charge < -0.3 is 10.2 Å². The van der Waals surface area contributed by atoms with Crippen LogP contribution < -0.4 is 5.32 Å². The van der Waals surface area contributed by atoms with Gasteiger partial charge in [-0.05, 0) is 37.6 Å². The van der Waals surface area contributed by atoms with Crippen molar-refractivity contribution in [2.75, 3.05) is 20.1 Å². The van der Waals surface area contributed by atoms with Gasteiger partial charge in [0.25, 0.3) is 0 Å². The zero-order chi connectivity index (χ0) is 12.8. The van der Waals surface area contributed by atoms with Gasteiger partial charge >= 0.3 is 0 Å². The molecule has 1 aromatic rings. The van der Waals surface area contributed by atoms with Crippen LogP contribution in [0.4, 0.5) is 0 Å². The fourth-order valence-electron chi connectivity index (χ4n) is 2.66. The van der Waals surface area contributed by atoms with Crippen LogP contribution in [0.3, 0.4) is 0 Å². The second-order valence-corrected chi connectivity index (χ2v) is 5.66. The molecule has 2 rings (SSSR count). The van der Waals surface area contributed by atoms with E-state index < -0.39 is 0 Å². The fourth-order valence-corrected chi connectivity index (χ4v) is 2.88. The van der Waals surface area contributed by atoms with Gasteiger partial charge in [0.15, 0.2) is 0 Å². The molecule has 0 saturated heterocycles. The molecule has 0 aliphatic heterocycles. The summed E-state index contributed by atoms with van der Waals surface area (Å²) in [5, 5.41) is 4.30. The summed E-state index contributed by atoms with van der Waals surface area (Å²) in [6.07, 6.45) is 5.57. The first-order valence-electron chi connectivity index (χ1n) is 6.91. The highest BCUT2D eigenvalue weighted by Crippen LogP contribution is 2.21. The molecule has 1 aromatic carbocycles. The van der Waals surface area contributed by atoms with Crippen molar-refractivity contribution < 1.29 is 0 Å². The van der Waals surface area contributed by atoms with Crippen molar-refractivity contribution >= 4 is 11.6 Å². The van der Waals surface area contributed by atoms with Crippen LogP contribution in [-0.4, -0.2) is 31.1 Å². The first-order chi connectivity index (χ1) is 8.75. The SMILES string of the molecule is CN(CCNCc1cccc(Cl)c1)C1CCCC1. The third-order valence-electron chi connectivity index (χ3n) is 3.81. The average molecular weight is 267 g/mol. The Hall–Kier alpha value is -0.570. The summed E-state index contributed by atoms with van der Waals surface area (Å²) in [7, 11) is 2.25. The Morgan fingerprint density at radius 2 is 2.11 bits per heavy atom. The van der Waals surface area contributed by atoms with Crippen LogP contribution >= 0.6 is 11.6 Å². The molecule has 1 N–H and O–H groups in total. The number of nitrogens with zero attached hydrogens (tertiary/aromatic N) is 1. The van der Waals surface area contributed by atoms with E-state index in [1.165, 1.54) is 31.2 Å². The minimum absolute atomic E-state index is 0.817. The second-order valence-electron chi connectivity index (χ2n) is 5.23. The molecule has 1 saturated carbocycles. The quantitative estimate of drug-likeness (QED) is 0.795. The standard InChI is InChI=1S/C15H23ClN2/c1-18(15-7-2-3-8-15)10-9-17-12-13-5-4-6-14(16)11-13/h4-6,11,15,17H,2-3,7-10,12H2,1H3. The van der Waals surface area contributed by atoms with Gasteiger partial charge in [-0.15, -0.1) is 0 Å². The van der Waals surface area contributed by atoms with Crippen LogP contribution in [0.5, 0.6) is 0 Å². The number of halogens is 1. The van der Waals surface area contributed by atoms with Gasteiger partial charge in [-0.25, -0.2) is 0 Å². The van der Waals surface area contributed by atoms with Gasteiger partial charge in [0.2, 0.25) is 0 Å². The molecular weight excluding hydrogens is 244 g/mol. The number of hydrogen-bond donors (Lipinski definition) is 1. The van der Waals surface area contributed by atoms with Crippen LogP contribution in [0, 0.1) is 0 Å². The average Bonchev–Trinajstić information content (AvgIpc) is 2.88. The zero-order valence-electron chi connectivity index (χ0n) is 11.2. The maximum absolute atomic E-state index is 5.96. The number of benzene rings is 1. The molecule has 18 heavy (non-hydrogen) atoms. The third kappa shape index (κ3) is 4.27. The maximum Gasteiger partial charge on any atom is 0.0409 e. The summed E-state index contributed by atoms with van der Waals surface area (Å²) < 4.78 is 0. The van der Waals surface area contributed by atoms with Crippen molar-refractivity contribution in [3.8, 4) is 0 Å².